The van der Waals surface area contributed by atoms with E-state index in [9.17, 15) is 0 Å². The molecule has 2 saturated heterocycles. The van der Waals surface area contributed by atoms with Crippen molar-refractivity contribution in [1.82, 2.24) is 15.2 Å². The highest BCUT2D eigenvalue weighted by Crippen LogP contribution is 2.37. The fourth-order valence-corrected chi connectivity index (χ4v) is 5.34. The fraction of sp³-hybridized carbons (Fsp3) is 0.812. The van der Waals surface area contributed by atoms with Crippen molar-refractivity contribution >= 4 is 16.5 Å². The molecule has 5 heteroatoms. The summed E-state index contributed by atoms with van der Waals surface area (Å²) in [6, 6.07) is 1.25. The van der Waals surface area contributed by atoms with Crippen LogP contribution < -0.4 is 10.2 Å². The monoisotopic (exact) mass is 306 g/mol. The van der Waals surface area contributed by atoms with Gasteiger partial charge in [0.15, 0.2) is 5.13 Å². The van der Waals surface area contributed by atoms with Crippen LogP contribution in [-0.2, 0) is 6.42 Å². The molecule has 1 aromatic rings. The molecule has 2 atom stereocenters. The number of nitrogens with zero attached hydrogens (tertiary/aromatic N) is 3. The van der Waals surface area contributed by atoms with Gasteiger partial charge in [-0.1, -0.05) is 0 Å². The van der Waals surface area contributed by atoms with Crippen molar-refractivity contribution in [3.63, 3.8) is 0 Å². The van der Waals surface area contributed by atoms with E-state index in [1.165, 1.54) is 80.4 Å². The molecular weight excluding hydrogens is 280 g/mol. The van der Waals surface area contributed by atoms with Gasteiger partial charge in [-0.05, 0) is 58.7 Å². The van der Waals surface area contributed by atoms with Crippen molar-refractivity contribution in [2.45, 2.75) is 50.6 Å². The van der Waals surface area contributed by atoms with E-state index >= 15 is 0 Å². The molecule has 0 radical (unpaired) electrons. The highest BCUT2D eigenvalue weighted by Gasteiger charge is 2.32. The van der Waals surface area contributed by atoms with Crippen LogP contribution in [0.25, 0.3) is 0 Å². The first-order chi connectivity index (χ1) is 10.3. The SMILES string of the molecule is CNC1CCCc2sc(N3CCC(N4CCCC4)C3)nc21. The Morgan fingerprint density at radius 2 is 2.00 bits per heavy atom. The zero-order valence-electron chi connectivity index (χ0n) is 13.0. The summed E-state index contributed by atoms with van der Waals surface area (Å²) in [5, 5.41) is 4.72. The maximum atomic E-state index is 5.01. The van der Waals surface area contributed by atoms with Gasteiger partial charge in [-0.25, -0.2) is 4.98 Å². The van der Waals surface area contributed by atoms with Crippen molar-refractivity contribution in [3.8, 4) is 0 Å². The molecule has 3 aliphatic rings. The van der Waals surface area contributed by atoms with E-state index in [4.69, 9.17) is 4.98 Å². The first kappa shape index (κ1) is 14.0. The Bertz CT molecular complexity index is 494. The zero-order valence-corrected chi connectivity index (χ0v) is 13.8. The molecule has 0 bridgehead atoms. The van der Waals surface area contributed by atoms with Crippen molar-refractivity contribution in [1.29, 1.82) is 0 Å². The number of aryl methyl sites for hydroxylation is 1. The van der Waals surface area contributed by atoms with E-state index in [0.717, 1.165) is 6.04 Å². The van der Waals surface area contributed by atoms with Gasteiger partial charge in [0, 0.05) is 24.0 Å². The molecule has 0 saturated carbocycles. The lowest BCUT2D eigenvalue weighted by molar-refractivity contribution is 0.260. The molecule has 116 valence electrons. The quantitative estimate of drug-likeness (QED) is 0.929. The van der Waals surface area contributed by atoms with Gasteiger partial charge in [0.2, 0.25) is 0 Å². The lowest BCUT2D eigenvalue weighted by Gasteiger charge is -2.23. The summed E-state index contributed by atoms with van der Waals surface area (Å²) in [6.45, 7) is 5.01. The summed E-state index contributed by atoms with van der Waals surface area (Å²) in [7, 11) is 2.07. The minimum absolute atomic E-state index is 0.482. The summed E-state index contributed by atoms with van der Waals surface area (Å²) < 4.78 is 0. The third kappa shape index (κ3) is 2.60. The van der Waals surface area contributed by atoms with Gasteiger partial charge < -0.3 is 10.2 Å². The lowest BCUT2D eigenvalue weighted by atomic mass is 9.98. The van der Waals surface area contributed by atoms with Crippen LogP contribution in [0.3, 0.4) is 0 Å². The van der Waals surface area contributed by atoms with Crippen LogP contribution in [0.4, 0.5) is 5.13 Å². The van der Waals surface area contributed by atoms with Gasteiger partial charge in [0.05, 0.1) is 11.7 Å². The number of hydrogen-bond donors (Lipinski definition) is 1. The summed E-state index contributed by atoms with van der Waals surface area (Å²) in [4.78, 5) is 11.8. The van der Waals surface area contributed by atoms with Crippen molar-refractivity contribution in [2.75, 3.05) is 38.1 Å². The second-order valence-electron chi connectivity index (χ2n) is 6.67. The molecule has 2 fully saturated rings. The number of thiazole rings is 1. The third-order valence-corrected chi connectivity index (χ3v) is 6.57. The highest BCUT2D eigenvalue weighted by atomic mass is 32.1. The van der Waals surface area contributed by atoms with Gasteiger partial charge in [-0.2, -0.15) is 0 Å². The van der Waals surface area contributed by atoms with E-state index < -0.39 is 0 Å². The number of fused-ring (bicyclic) bond motifs is 1. The summed E-state index contributed by atoms with van der Waals surface area (Å²) in [6.07, 6.45) is 7.88. The minimum Gasteiger partial charge on any atom is -0.346 e. The Morgan fingerprint density at radius 3 is 2.81 bits per heavy atom. The molecule has 4 rings (SSSR count). The van der Waals surface area contributed by atoms with Crippen LogP contribution in [0.5, 0.6) is 0 Å². The Balaban J connectivity index is 1.48. The Labute approximate surface area is 131 Å². The van der Waals surface area contributed by atoms with Crippen LogP contribution >= 0.6 is 11.3 Å². The summed E-state index contributed by atoms with van der Waals surface area (Å²) in [5.74, 6) is 0. The maximum absolute atomic E-state index is 5.01. The van der Waals surface area contributed by atoms with Crippen molar-refractivity contribution in [2.24, 2.45) is 0 Å². The Kier molecular flexibility index (Phi) is 3.90. The Morgan fingerprint density at radius 1 is 1.14 bits per heavy atom. The highest BCUT2D eigenvalue weighted by molar-refractivity contribution is 7.15. The number of likely N-dealkylation sites (tertiary alicyclic amines) is 1. The molecule has 21 heavy (non-hydrogen) atoms. The predicted octanol–water partition coefficient (Wildman–Crippen LogP) is 2.41. The second kappa shape index (κ2) is 5.86. The first-order valence-electron chi connectivity index (χ1n) is 8.51. The normalized spacial score (nSPS) is 30.0. The zero-order chi connectivity index (χ0) is 14.2. The average molecular weight is 306 g/mol. The molecule has 0 spiro atoms. The topological polar surface area (TPSA) is 31.4 Å². The number of aromatic nitrogens is 1. The number of rotatable bonds is 3. The van der Waals surface area contributed by atoms with Crippen LogP contribution in [0.2, 0.25) is 0 Å². The largest absolute Gasteiger partial charge is 0.346 e. The number of hydrogen-bond acceptors (Lipinski definition) is 5. The molecule has 1 aliphatic carbocycles. The molecular formula is C16H26N4S. The van der Waals surface area contributed by atoms with Crippen LogP contribution in [0.1, 0.15) is 48.7 Å². The van der Waals surface area contributed by atoms with Gasteiger partial charge in [-0.15, -0.1) is 11.3 Å². The lowest BCUT2D eigenvalue weighted by Crippen LogP contribution is -2.35. The standard InChI is InChI=1S/C16H26N4S/c1-17-13-5-4-6-14-15(13)18-16(21-14)20-10-7-12(11-20)19-8-2-3-9-19/h12-13,17H,2-11H2,1H3. The molecule has 1 N–H and O–H groups in total. The maximum Gasteiger partial charge on any atom is 0.185 e. The molecule has 0 aromatic carbocycles. The van der Waals surface area contributed by atoms with Gasteiger partial charge >= 0.3 is 0 Å². The average Bonchev–Trinajstić information content (AvgIpc) is 3.23. The molecule has 4 nitrogen and oxygen atoms in total. The van der Waals surface area contributed by atoms with Gasteiger partial charge in [0.1, 0.15) is 0 Å². The molecule has 3 heterocycles. The van der Waals surface area contributed by atoms with E-state index in [0.29, 0.717) is 6.04 Å². The van der Waals surface area contributed by atoms with Crippen molar-refractivity contribution < 1.29 is 0 Å². The van der Waals surface area contributed by atoms with Gasteiger partial charge in [-0.3, -0.25) is 4.90 Å². The molecule has 0 amide bonds. The van der Waals surface area contributed by atoms with Gasteiger partial charge in [0.25, 0.3) is 0 Å². The number of nitrogens with one attached hydrogen (secondary N) is 1. The number of anilines is 1. The van der Waals surface area contributed by atoms with E-state index in [1.807, 2.05) is 11.3 Å². The fourth-order valence-electron chi connectivity index (χ4n) is 4.14. The van der Waals surface area contributed by atoms with Crippen LogP contribution in [-0.4, -0.2) is 49.2 Å². The first-order valence-corrected chi connectivity index (χ1v) is 9.32. The van der Waals surface area contributed by atoms with E-state index in [1.54, 1.807) is 0 Å². The minimum atomic E-state index is 0.482. The molecule has 2 unspecified atom stereocenters. The van der Waals surface area contributed by atoms with E-state index in [2.05, 4.69) is 22.2 Å². The summed E-state index contributed by atoms with van der Waals surface area (Å²) in [5.41, 5.74) is 1.34. The van der Waals surface area contributed by atoms with E-state index in [-0.39, 0.29) is 0 Å². The molecule has 2 aliphatic heterocycles. The molecule has 1 aromatic heterocycles. The predicted molar refractivity (Wildman–Crippen MR) is 88.3 cm³/mol. The summed E-state index contributed by atoms with van der Waals surface area (Å²) >= 11 is 1.95. The van der Waals surface area contributed by atoms with Crippen molar-refractivity contribution in [3.05, 3.63) is 10.6 Å². The Hall–Kier alpha value is -0.650. The van der Waals surface area contributed by atoms with Crippen LogP contribution in [0, 0.1) is 0 Å². The third-order valence-electron chi connectivity index (χ3n) is 5.38. The second-order valence-corrected chi connectivity index (χ2v) is 7.73. The van der Waals surface area contributed by atoms with Crippen LogP contribution in [0.15, 0.2) is 0 Å². The smallest absolute Gasteiger partial charge is 0.185 e.